The van der Waals surface area contributed by atoms with Gasteiger partial charge in [-0.3, -0.25) is 0 Å². The predicted octanol–water partition coefficient (Wildman–Crippen LogP) is 5.39. The van der Waals surface area contributed by atoms with Gasteiger partial charge in [-0.15, -0.1) is 0 Å². The van der Waals surface area contributed by atoms with Gasteiger partial charge in [-0.25, -0.2) is 0 Å². The average Bonchev–Trinajstić information content (AvgIpc) is 2.34. The molecule has 1 N–H and O–H groups in total. The normalized spacial score (nSPS) is 11.4. The highest BCUT2D eigenvalue weighted by Gasteiger charge is 2.32. The van der Waals surface area contributed by atoms with Crippen molar-refractivity contribution in [3.8, 4) is 0 Å². The van der Waals surface area contributed by atoms with Crippen LogP contribution in [0.4, 0.5) is 18.9 Å². The molecule has 2 aromatic carbocycles. The van der Waals surface area contributed by atoms with Crippen molar-refractivity contribution in [3.63, 3.8) is 0 Å². The molecule has 5 heteroatoms. The van der Waals surface area contributed by atoms with Gasteiger partial charge >= 0.3 is 6.18 Å². The highest BCUT2D eigenvalue weighted by Crippen LogP contribution is 2.32. The molecule has 20 heavy (non-hydrogen) atoms. The third-order valence-electron chi connectivity index (χ3n) is 2.85. The van der Waals surface area contributed by atoms with Gasteiger partial charge in [0.25, 0.3) is 0 Å². The van der Waals surface area contributed by atoms with E-state index in [-0.39, 0.29) is 12.1 Å². The van der Waals surface area contributed by atoms with Crippen LogP contribution >= 0.6 is 15.9 Å². The maximum Gasteiger partial charge on any atom is 0.416 e. The molecular weight excluding hydrogens is 331 g/mol. The van der Waals surface area contributed by atoms with Crippen molar-refractivity contribution in [2.24, 2.45) is 0 Å². The van der Waals surface area contributed by atoms with Crippen LogP contribution in [0.25, 0.3) is 0 Å². The number of anilines is 1. The van der Waals surface area contributed by atoms with Crippen LogP contribution in [0.15, 0.2) is 46.9 Å². The summed E-state index contributed by atoms with van der Waals surface area (Å²) in [5.41, 5.74) is 1.46. The molecule has 0 spiro atoms. The first kappa shape index (κ1) is 14.9. The topological polar surface area (TPSA) is 12.0 Å². The van der Waals surface area contributed by atoms with Crippen molar-refractivity contribution in [2.45, 2.75) is 19.6 Å². The molecule has 2 rings (SSSR count). The summed E-state index contributed by atoms with van der Waals surface area (Å²) in [6.45, 7) is 2.06. The summed E-state index contributed by atoms with van der Waals surface area (Å²) < 4.78 is 39.5. The van der Waals surface area contributed by atoms with Gasteiger partial charge < -0.3 is 5.32 Å². The van der Waals surface area contributed by atoms with Crippen LogP contribution in [0.1, 0.15) is 16.7 Å². The predicted molar refractivity (Wildman–Crippen MR) is 77.6 cm³/mol. The molecule has 0 unspecified atom stereocenters. The van der Waals surface area contributed by atoms with Crippen LogP contribution < -0.4 is 5.32 Å². The van der Waals surface area contributed by atoms with Gasteiger partial charge in [0.15, 0.2) is 0 Å². The van der Waals surface area contributed by atoms with Crippen molar-refractivity contribution in [2.75, 3.05) is 5.32 Å². The largest absolute Gasteiger partial charge is 0.416 e. The molecule has 0 radical (unpaired) electrons. The fourth-order valence-electron chi connectivity index (χ4n) is 1.99. The zero-order chi connectivity index (χ0) is 14.8. The van der Waals surface area contributed by atoms with Crippen molar-refractivity contribution in [3.05, 3.63) is 63.6 Å². The van der Waals surface area contributed by atoms with Crippen LogP contribution in [0.3, 0.4) is 0 Å². The molecule has 0 saturated carbocycles. The molecule has 2 aromatic rings. The summed E-state index contributed by atoms with van der Waals surface area (Å²) in [7, 11) is 0. The van der Waals surface area contributed by atoms with Crippen LogP contribution in [0, 0.1) is 6.92 Å². The number of alkyl halides is 3. The number of hydrogen-bond acceptors (Lipinski definition) is 1. The monoisotopic (exact) mass is 343 g/mol. The van der Waals surface area contributed by atoms with Gasteiger partial charge in [0.05, 0.1) is 5.56 Å². The minimum atomic E-state index is -4.33. The van der Waals surface area contributed by atoms with Gasteiger partial charge in [0.2, 0.25) is 0 Å². The lowest BCUT2D eigenvalue weighted by molar-refractivity contribution is -0.138. The summed E-state index contributed by atoms with van der Waals surface area (Å²) in [4.78, 5) is 0. The average molecular weight is 344 g/mol. The maximum atomic E-state index is 12.9. The Morgan fingerprint density at radius 1 is 1.10 bits per heavy atom. The van der Waals surface area contributed by atoms with Gasteiger partial charge in [-0.2, -0.15) is 13.2 Å². The Kier molecular flexibility index (Phi) is 4.38. The van der Waals surface area contributed by atoms with Crippen LogP contribution in [-0.4, -0.2) is 0 Å². The SMILES string of the molecule is Cc1cc(Br)cc(NCc2ccccc2C(F)(F)F)c1. The van der Waals surface area contributed by atoms with E-state index < -0.39 is 11.7 Å². The van der Waals surface area contributed by atoms with E-state index in [2.05, 4.69) is 21.2 Å². The molecule has 0 heterocycles. The van der Waals surface area contributed by atoms with E-state index in [0.29, 0.717) is 0 Å². The summed E-state index contributed by atoms with van der Waals surface area (Å²) in [5, 5.41) is 3.03. The molecule has 0 atom stereocenters. The molecule has 0 bridgehead atoms. The Hall–Kier alpha value is -1.49. The zero-order valence-corrected chi connectivity index (χ0v) is 12.3. The first-order chi connectivity index (χ1) is 9.36. The highest BCUT2D eigenvalue weighted by molar-refractivity contribution is 9.10. The third kappa shape index (κ3) is 3.76. The van der Waals surface area contributed by atoms with E-state index in [1.807, 2.05) is 25.1 Å². The van der Waals surface area contributed by atoms with E-state index in [0.717, 1.165) is 21.8 Å². The lowest BCUT2D eigenvalue weighted by atomic mass is 10.1. The minimum absolute atomic E-state index is 0.131. The summed E-state index contributed by atoms with van der Waals surface area (Å²) >= 11 is 3.37. The Labute approximate surface area is 123 Å². The number of rotatable bonds is 3. The number of benzene rings is 2. The quantitative estimate of drug-likeness (QED) is 0.787. The molecule has 0 aliphatic rings. The van der Waals surface area contributed by atoms with Crippen LogP contribution in [0.5, 0.6) is 0 Å². The lowest BCUT2D eigenvalue weighted by Gasteiger charge is -2.14. The van der Waals surface area contributed by atoms with Crippen molar-refractivity contribution in [1.29, 1.82) is 0 Å². The summed E-state index contributed by atoms with van der Waals surface area (Å²) in [6, 6.07) is 11.3. The van der Waals surface area contributed by atoms with Crippen LogP contribution in [0.2, 0.25) is 0 Å². The van der Waals surface area contributed by atoms with Crippen molar-refractivity contribution in [1.82, 2.24) is 0 Å². The minimum Gasteiger partial charge on any atom is -0.381 e. The fraction of sp³-hybridized carbons (Fsp3) is 0.200. The number of nitrogens with one attached hydrogen (secondary N) is 1. The molecule has 0 aliphatic carbocycles. The van der Waals surface area contributed by atoms with Crippen molar-refractivity contribution >= 4 is 21.6 Å². The standard InChI is InChI=1S/C15H13BrF3N/c1-10-6-12(16)8-13(7-10)20-9-11-4-2-3-5-14(11)15(17,18)19/h2-8,20H,9H2,1H3. The van der Waals surface area contributed by atoms with E-state index in [9.17, 15) is 13.2 Å². The van der Waals surface area contributed by atoms with E-state index in [1.54, 1.807) is 6.07 Å². The third-order valence-corrected chi connectivity index (χ3v) is 3.31. The smallest absolute Gasteiger partial charge is 0.381 e. The molecular formula is C15H13BrF3N. The number of halogens is 4. The van der Waals surface area contributed by atoms with E-state index in [4.69, 9.17) is 0 Å². The highest BCUT2D eigenvalue weighted by atomic mass is 79.9. The van der Waals surface area contributed by atoms with Crippen molar-refractivity contribution < 1.29 is 13.2 Å². The van der Waals surface area contributed by atoms with E-state index in [1.165, 1.54) is 12.1 Å². The Balaban J connectivity index is 2.19. The maximum absolute atomic E-state index is 12.9. The summed E-state index contributed by atoms with van der Waals surface area (Å²) in [6.07, 6.45) is -4.33. The molecule has 0 aliphatic heterocycles. The van der Waals surface area contributed by atoms with Crippen LogP contribution in [-0.2, 0) is 12.7 Å². The van der Waals surface area contributed by atoms with Gasteiger partial charge in [-0.1, -0.05) is 34.1 Å². The van der Waals surface area contributed by atoms with Gasteiger partial charge in [-0.05, 0) is 42.3 Å². The Bertz CT molecular complexity index is 588. The van der Waals surface area contributed by atoms with Gasteiger partial charge in [0.1, 0.15) is 0 Å². The fourth-order valence-corrected chi connectivity index (χ4v) is 2.59. The Morgan fingerprint density at radius 2 is 1.80 bits per heavy atom. The van der Waals surface area contributed by atoms with Gasteiger partial charge in [0, 0.05) is 16.7 Å². The second-order valence-electron chi connectivity index (χ2n) is 4.53. The second-order valence-corrected chi connectivity index (χ2v) is 5.44. The number of hydrogen-bond donors (Lipinski definition) is 1. The molecule has 1 nitrogen and oxygen atoms in total. The second kappa shape index (κ2) is 5.87. The summed E-state index contributed by atoms with van der Waals surface area (Å²) in [5.74, 6) is 0. The number of aryl methyl sites for hydroxylation is 1. The Morgan fingerprint density at radius 3 is 2.45 bits per heavy atom. The molecule has 106 valence electrons. The lowest BCUT2D eigenvalue weighted by Crippen LogP contribution is -2.11. The first-order valence-electron chi connectivity index (χ1n) is 6.02. The van der Waals surface area contributed by atoms with E-state index >= 15 is 0 Å². The molecule has 0 fully saturated rings. The first-order valence-corrected chi connectivity index (χ1v) is 6.82. The zero-order valence-electron chi connectivity index (χ0n) is 10.8. The molecule has 0 aromatic heterocycles. The molecule has 0 amide bonds. The molecule has 0 saturated heterocycles.